The van der Waals surface area contributed by atoms with E-state index < -0.39 is 0 Å². The molecule has 0 saturated carbocycles. The molecular weight excluding hydrogens is 436 g/mol. The Labute approximate surface area is 205 Å². The van der Waals surface area contributed by atoms with Gasteiger partial charge in [0.25, 0.3) is 0 Å². The number of fused-ring (bicyclic) bond motifs is 7. The van der Waals surface area contributed by atoms with E-state index in [9.17, 15) is 0 Å². The van der Waals surface area contributed by atoms with Crippen molar-refractivity contribution < 1.29 is 0 Å². The molecule has 0 atom stereocenters. The Morgan fingerprint density at radius 1 is 0.588 bits per heavy atom. The molecule has 0 bridgehead atoms. The fourth-order valence-corrected chi connectivity index (χ4v) is 5.53. The molecule has 34 heavy (non-hydrogen) atoms. The summed E-state index contributed by atoms with van der Waals surface area (Å²) in [4.78, 5) is 4.87. The third-order valence-electron chi connectivity index (χ3n) is 7.19. The average molecular weight is 461 g/mol. The Hall–Kier alpha value is -3.62. The lowest BCUT2D eigenvalue weighted by molar-refractivity contribution is 0.690. The molecule has 166 valence electrons. The summed E-state index contributed by atoms with van der Waals surface area (Å²) in [5, 5.41) is 11.4. The van der Waals surface area contributed by atoms with Crippen LogP contribution in [0.25, 0.3) is 43.4 Å². The normalized spacial score (nSPS) is 13.2. The van der Waals surface area contributed by atoms with Gasteiger partial charge in [-0.3, -0.25) is 0 Å². The number of aromatic nitrogens is 1. The Balaban J connectivity index is 0.00000217. The van der Waals surface area contributed by atoms with Crippen molar-refractivity contribution in [1.82, 2.24) is 4.98 Å². The van der Waals surface area contributed by atoms with Crippen molar-refractivity contribution in [2.75, 3.05) is 5.32 Å². The molecule has 1 aliphatic carbocycles. The number of para-hydroxylation sites is 1. The second-order valence-electron chi connectivity index (χ2n) is 9.19. The van der Waals surface area contributed by atoms with Gasteiger partial charge in [-0.1, -0.05) is 54.6 Å². The minimum Gasteiger partial charge on any atom is -0.355 e. The second-order valence-corrected chi connectivity index (χ2v) is 9.19. The molecule has 0 radical (unpaired) electrons. The molecule has 1 aliphatic rings. The van der Waals surface area contributed by atoms with E-state index in [1.807, 2.05) is 6.07 Å². The smallest absolute Gasteiger partial charge is 0.0730 e. The molecule has 0 spiro atoms. The summed E-state index contributed by atoms with van der Waals surface area (Å²) in [7, 11) is 0. The standard InChI is InChI=1S/C31H24N2.ClH/c1-3-8-24-20(6-1)13-17-26-25(24)16-14-21-12-15-23(19-27(21)26)32-30-10-5-11-31-28(30)18-22-7-2-4-9-29(22)33-31;/h2,4-5,7,9-19,32H,1,3,6,8H2;1H. The van der Waals surface area contributed by atoms with Gasteiger partial charge in [-0.25, -0.2) is 4.98 Å². The van der Waals surface area contributed by atoms with Crippen molar-refractivity contribution in [3.05, 3.63) is 102 Å². The van der Waals surface area contributed by atoms with Crippen molar-refractivity contribution >= 4 is 67.1 Å². The number of benzene rings is 5. The Kier molecular flexibility index (Phi) is 5.12. The van der Waals surface area contributed by atoms with E-state index in [0.717, 1.165) is 33.2 Å². The van der Waals surface area contributed by atoms with Gasteiger partial charge in [0, 0.05) is 22.1 Å². The maximum atomic E-state index is 4.87. The molecule has 0 aliphatic heterocycles. The maximum absolute atomic E-state index is 4.87. The van der Waals surface area contributed by atoms with Crippen LogP contribution in [-0.4, -0.2) is 4.98 Å². The van der Waals surface area contributed by atoms with Crippen LogP contribution in [0.3, 0.4) is 0 Å². The fourth-order valence-electron chi connectivity index (χ4n) is 5.53. The summed E-state index contributed by atoms with van der Waals surface area (Å²) >= 11 is 0. The van der Waals surface area contributed by atoms with Crippen molar-refractivity contribution in [1.29, 1.82) is 0 Å². The minimum absolute atomic E-state index is 0. The molecule has 0 saturated heterocycles. The molecule has 3 heteroatoms. The number of nitrogens with one attached hydrogen (secondary N) is 1. The van der Waals surface area contributed by atoms with Crippen LogP contribution >= 0.6 is 12.4 Å². The third kappa shape index (κ3) is 3.38. The molecule has 1 aromatic heterocycles. The molecule has 1 N–H and O–H groups in total. The summed E-state index contributed by atoms with van der Waals surface area (Å²) < 4.78 is 0. The van der Waals surface area contributed by atoms with Gasteiger partial charge in [0.05, 0.1) is 11.0 Å². The van der Waals surface area contributed by atoms with E-state index in [-0.39, 0.29) is 12.4 Å². The van der Waals surface area contributed by atoms with E-state index in [1.165, 1.54) is 52.8 Å². The van der Waals surface area contributed by atoms with E-state index in [1.54, 1.807) is 5.56 Å². The Morgan fingerprint density at radius 3 is 2.38 bits per heavy atom. The maximum Gasteiger partial charge on any atom is 0.0730 e. The van der Waals surface area contributed by atoms with Crippen LogP contribution in [0.1, 0.15) is 24.0 Å². The largest absolute Gasteiger partial charge is 0.355 e. The van der Waals surface area contributed by atoms with Gasteiger partial charge in [0.2, 0.25) is 0 Å². The number of hydrogen-bond donors (Lipinski definition) is 1. The zero-order chi connectivity index (χ0) is 21.8. The highest BCUT2D eigenvalue weighted by Gasteiger charge is 2.14. The highest BCUT2D eigenvalue weighted by atomic mass is 35.5. The number of pyridine rings is 1. The fraction of sp³-hybridized carbons (Fsp3) is 0.129. The Morgan fingerprint density at radius 2 is 1.41 bits per heavy atom. The van der Waals surface area contributed by atoms with E-state index >= 15 is 0 Å². The van der Waals surface area contributed by atoms with Gasteiger partial charge in [0.1, 0.15) is 0 Å². The van der Waals surface area contributed by atoms with Crippen LogP contribution in [0.4, 0.5) is 11.4 Å². The van der Waals surface area contributed by atoms with Crippen molar-refractivity contribution in [2.24, 2.45) is 0 Å². The number of aryl methyl sites for hydroxylation is 2. The van der Waals surface area contributed by atoms with Gasteiger partial charge in [0.15, 0.2) is 0 Å². The van der Waals surface area contributed by atoms with E-state index in [2.05, 4.69) is 90.2 Å². The lowest BCUT2D eigenvalue weighted by Gasteiger charge is -2.19. The summed E-state index contributed by atoms with van der Waals surface area (Å²) in [6.07, 6.45) is 5.03. The first-order valence-corrected chi connectivity index (χ1v) is 11.9. The molecule has 2 nitrogen and oxygen atoms in total. The highest BCUT2D eigenvalue weighted by Crippen LogP contribution is 2.35. The predicted molar refractivity (Wildman–Crippen MR) is 148 cm³/mol. The molecule has 6 aromatic rings. The molecule has 1 heterocycles. The first-order valence-electron chi connectivity index (χ1n) is 11.9. The molecule has 0 unspecified atom stereocenters. The molecule has 0 fully saturated rings. The van der Waals surface area contributed by atoms with Gasteiger partial charge < -0.3 is 5.32 Å². The molecule has 0 amide bonds. The van der Waals surface area contributed by atoms with Crippen molar-refractivity contribution in [3.8, 4) is 0 Å². The van der Waals surface area contributed by atoms with Gasteiger partial charge in [-0.15, -0.1) is 12.4 Å². The Bertz CT molecular complexity index is 1700. The third-order valence-corrected chi connectivity index (χ3v) is 7.19. The lowest BCUT2D eigenvalue weighted by atomic mass is 9.86. The van der Waals surface area contributed by atoms with Gasteiger partial charge in [-0.2, -0.15) is 0 Å². The summed E-state index contributed by atoms with van der Waals surface area (Å²) in [6.45, 7) is 0. The van der Waals surface area contributed by atoms with Crippen LogP contribution in [0, 0.1) is 0 Å². The first kappa shape index (κ1) is 20.9. The molecule has 5 aromatic carbocycles. The zero-order valence-electron chi connectivity index (χ0n) is 18.8. The van der Waals surface area contributed by atoms with Crippen LogP contribution in [0.2, 0.25) is 0 Å². The monoisotopic (exact) mass is 460 g/mol. The quantitative estimate of drug-likeness (QED) is 0.206. The van der Waals surface area contributed by atoms with E-state index in [0.29, 0.717) is 0 Å². The van der Waals surface area contributed by atoms with Crippen LogP contribution in [0.5, 0.6) is 0 Å². The topological polar surface area (TPSA) is 24.9 Å². The number of rotatable bonds is 2. The zero-order valence-corrected chi connectivity index (χ0v) is 19.7. The van der Waals surface area contributed by atoms with Gasteiger partial charge in [-0.05, 0) is 94.8 Å². The molecular formula is C31H25ClN2. The second kappa shape index (κ2) is 8.30. The van der Waals surface area contributed by atoms with Crippen molar-refractivity contribution in [2.45, 2.75) is 25.7 Å². The minimum atomic E-state index is 0. The number of anilines is 2. The number of hydrogen-bond acceptors (Lipinski definition) is 2. The lowest BCUT2D eigenvalue weighted by Crippen LogP contribution is -2.03. The highest BCUT2D eigenvalue weighted by molar-refractivity contribution is 6.10. The van der Waals surface area contributed by atoms with Gasteiger partial charge >= 0.3 is 0 Å². The molecule has 7 rings (SSSR count). The predicted octanol–water partition coefficient (Wildman–Crippen LogP) is 8.74. The van der Waals surface area contributed by atoms with E-state index in [4.69, 9.17) is 4.98 Å². The van der Waals surface area contributed by atoms with Crippen LogP contribution in [0.15, 0.2) is 91.0 Å². The summed E-state index contributed by atoms with van der Waals surface area (Å²) in [5.74, 6) is 0. The number of halogens is 1. The SMILES string of the molecule is Cl.c1ccc2nc3cccc(Nc4ccc5ccc6c7c(ccc6c5c4)CCCC7)c3cc2c1. The average Bonchev–Trinajstić information content (AvgIpc) is 2.87. The summed E-state index contributed by atoms with van der Waals surface area (Å²) in [5.41, 5.74) is 7.33. The van der Waals surface area contributed by atoms with Crippen molar-refractivity contribution in [3.63, 3.8) is 0 Å². The summed E-state index contributed by atoms with van der Waals surface area (Å²) in [6, 6.07) is 32.9. The van der Waals surface area contributed by atoms with Crippen LogP contribution < -0.4 is 5.32 Å². The van der Waals surface area contributed by atoms with Crippen LogP contribution in [-0.2, 0) is 12.8 Å². The first-order chi connectivity index (χ1) is 16.3. The number of nitrogens with zero attached hydrogens (tertiary/aromatic N) is 1.